The molecule has 0 radical (unpaired) electrons. The lowest BCUT2D eigenvalue weighted by Crippen LogP contribution is -2.39. The molecule has 1 amide bonds. The van der Waals surface area contributed by atoms with Crippen LogP contribution in [0.25, 0.3) is 17.1 Å². The van der Waals surface area contributed by atoms with Crippen molar-refractivity contribution in [3.63, 3.8) is 0 Å². The summed E-state index contributed by atoms with van der Waals surface area (Å²) >= 11 is 0. The number of H-pyrrole nitrogens is 1. The number of carbonyl (C=O) groups is 1. The highest BCUT2D eigenvalue weighted by Gasteiger charge is 2.19. The van der Waals surface area contributed by atoms with Crippen LogP contribution in [0.15, 0.2) is 72.9 Å². The highest BCUT2D eigenvalue weighted by molar-refractivity contribution is 5.78. The van der Waals surface area contributed by atoms with Gasteiger partial charge in [0.05, 0.1) is 24.5 Å². The number of rotatable bonds is 10. The Kier molecular flexibility index (Phi) is 8.85. The fraction of sp³-hybridized carbons (Fsp3) is 0.387. The van der Waals surface area contributed by atoms with Gasteiger partial charge in [-0.25, -0.2) is 9.67 Å². The van der Waals surface area contributed by atoms with Gasteiger partial charge in [0.15, 0.2) is 0 Å². The third kappa shape index (κ3) is 7.43. The largest absolute Gasteiger partial charge is 0.349 e. The number of nitrogens with one attached hydrogen (secondary N) is 2. The Labute approximate surface area is 231 Å². The van der Waals surface area contributed by atoms with Crippen LogP contribution in [0, 0.1) is 5.92 Å². The van der Waals surface area contributed by atoms with Crippen molar-refractivity contribution in [3.8, 4) is 17.1 Å². The minimum absolute atomic E-state index is 0.0455. The molecule has 8 heteroatoms. The van der Waals surface area contributed by atoms with Crippen LogP contribution in [0.4, 0.5) is 0 Å². The van der Waals surface area contributed by atoms with Crippen LogP contribution in [0.1, 0.15) is 37.4 Å². The smallest absolute Gasteiger partial charge is 0.234 e. The van der Waals surface area contributed by atoms with E-state index in [1.807, 2.05) is 47.3 Å². The van der Waals surface area contributed by atoms with Crippen molar-refractivity contribution in [2.75, 3.05) is 32.7 Å². The summed E-state index contributed by atoms with van der Waals surface area (Å²) in [7, 11) is 0. The van der Waals surface area contributed by atoms with E-state index in [2.05, 4.69) is 69.3 Å². The second-order valence-corrected chi connectivity index (χ2v) is 10.8. The Hall–Kier alpha value is -3.75. The van der Waals surface area contributed by atoms with E-state index in [4.69, 9.17) is 5.10 Å². The number of amides is 1. The zero-order chi connectivity index (χ0) is 27.0. The molecule has 1 aliphatic rings. The zero-order valence-electron chi connectivity index (χ0n) is 23.0. The van der Waals surface area contributed by atoms with Gasteiger partial charge in [0.25, 0.3) is 0 Å². The fourth-order valence-electron chi connectivity index (χ4n) is 5.13. The van der Waals surface area contributed by atoms with Gasteiger partial charge in [0, 0.05) is 42.8 Å². The second-order valence-electron chi connectivity index (χ2n) is 10.8. The van der Waals surface area contributed by atoms with Crippen LogP contribution in [0.3, 0.4) is 0 Å². The number of hydrogen-bond acceptors (Lipinski definition) is 5. The molecule has 39 heavy (non-hydrogen) atoms. The maximum absolute atomic E-state index is 12.8. The molecule has 0 spiro atoms. The first-order valence-corrected chi connectivity index (χ1v) is 14.0. The molecule has 2 N–H and O–H groups in total. The minimum Gasteiger partial charge on any atom is -0.349 e. The minimum atomic E-state index is 0.0455. The number of hydrogen-bond donors (Lipinski definition) is 2. The average Bonchev–Trinajstić information content (AvgIpc) is 3.51. The fourth-order valence-corrected chi connectivity index (χ4v) is 5.13. The standard InChI is InChI=1S/C31H39N7O/c1-24(2)18-29-19-26(35-38(29)28-12-7-4-8-13-28)20-32-30(39)23-37-15-9-14-36(16-17-37)22-27-21-33-31(34-27)25-10-5-3-6-11-25/h3-8,10-13,19,21,24H,9,14-18,20,22-23H2,1-2H3,(H,32,39)(H,33,34). The van der Waals surface area contributed by atoms with E-state index < -0.39 is 0 Å². The van der Waals surface area contributed by atoms with Crippen LogP contribution in [-0.2, 0) is 24.3 Å². The summed E-state index contributed by atoms with van der Waals surface area (Å²) in [5.41, 5.74) is 5.32. The first-order chi connectivity index (χ1) is 19.0. The molecular weight excluding hydrogens is 486 g/mol. The molecule has 0 aliphatic carbocycles. The molecule has 0 atom stereocenters. The third-order valence-corrected chi connectivity index (χ3v) is 7.04. The maximum Gasteiger partial charge on any atom is 0.234 e. The summed E-state index contributed by atoms with van der Waals surface area (Å²) in [5, 5.41) is 7.91. The topological polar surface area (TPSA) is 82.1 Å². The lowest BCUT2D eigenvalue weighted by atomic mass is 10.1. The first-order valence-electron chi connectivity index (χ1n) is 14.0. The number of aromatic amines is 1. The van der Waals surface area contributed by atoms with E-state index in [1.54, 1.807) is 0 Å². The van der Waals surface area contributed by atoms with Gasteiger partial charge in [-0.2, -0.15) is 5.10 Å². The number of para-hydroxylation sites is 1. The highest BCUT2D eigenvalue weighted by atomic mass is 16.2. The SMILES string of the molecule is CC(C)Cc1cc(CNC(=O)CN2CCCN(Cc3cnc(-c4ccccc4)[nH]3)CC2)nn1-c1ccccc1. The molecule has 5 rings (SSSR count). The number of nitrogens with zero attached hydrogens (tertiary/aromatic N) is 5. The molecule has 0 bridgehead atoms. The first kappa shape index (κ1) is 26.8. The second kappa shape index (κ2) is 12.9. The van der Waals surface area contributed by atoms with Gasteiger partial charge in [0.2, 0.25) is 5.91 Å². The Morgan fingerprint density at radius 3 is 2.46 bits per heavy atom. The summed E-state index contributed by atoms with van der Waals surface area (Å²) in [6.45, 7) is 9.83. The van der Waals surface area contributed by atoms with Crippen molar-refractivity contribution in [1.82, 2.24) is 34.9 Å². The van der Waals surface area contributed by atoms with Crippen molar-refractivity contribution in [3.05, 3.63) is 90.0 Å². The molecule has 204 valence electrons. The molecule has 1 fully saturated rings. The zero-order valence-corrected chi connectivity index (χ0v) is 23.0. The van der Waals surface area contributed by atoms with Gasteiger partial charge in [0.1, 0.15) is 5.82 Å². The van der Waals surface area contributed by atoms with E-state index in [9.17, 15) is 4.79 Å². The monoisotopic (exact) mass is 525 g/mol. The van der Waals surface area contributed by atoms with Crippen molar-refractivity contribution in [2.24, 2.45) is 5.92 Å². The third-order valence-electron chi connectivity index (χ3n) is 7.04. The van der Waals surface area contributed by atoms with Gasteiger partial charge in [-0.3, -0.25) is 14.6 Å². The van der Waals surface area contributed by atoms with Crippen LogP contribution >= 0.6 is 0 Å². The predicted molar refractivity (Wildman–Crippen MR) is 154 cm³/mol. The molecule has 1 aliphatic heterocycles. The lowest BCUT2D eigenvalue weighted by molar-refractivity contribution is -0.122. The van der Waals surface area contributed by atoms with Gasteiger partial charge in [-0.05, 0) is 50.0 Å². The summed E-state index contributed by atoms with van der Waals surface area (Å²) in [4.78, 5) is 25.5. The van der Waals surface area contributed by atoms with Crippen molar-refractivity contribution < 1.29 is 4.79 Å². The highest BCUT2D eigenvalue weighted by Crippen LogP contribution is 2.17. The van der Waals surface area contributed by atoms with Crippen LogP contribution in [0.5, 0.6) is 0 Å². The summed E-state index contributed by atoms with van der Waals surface area (Å²) in [5.74, 6) is 1.47. The number of carbonyl (C=O) groups excluding carboxylic acids is 1. The quantitative estimate of drug-likeness (QED) is 0.323. The van der Waals surface area contributed by atoms with Crippen LogP contribution in [-0.4, -0.2) is 68.2 Å². The van der Waals surface area contributed by atoms with E-state index in [0.29, 0.717) is 19.0 Å². The molecule has 4 aromatic rings. The molecule has 2 aromatic carbocycles. The van der Waals surface area contributed by atoms with E-state index in [1.165, 1.54) is 5.69 Å². The van der Waals surface area contributed by atoms with Crippen molar-refractivity contribution in [1.29, 1.82) is 0 Å². The average molecular weight is 526 g/mol. The molecule has 3 heterocycles. The Morgan fingerprint density at radius 2 is 1.69 bits per heavy atom. The lowest BCUT2D eigenvalue weighted by Gasteiger charge is -2.21. The summed E-state index contributed by atoms with van der Waals surface area (Å²) < 4.78 is 2.01. The van der Waals surface area contributed by atoms with Gasteiger partial charge < -0.3 is 10.3 Å². The van der Waals surface area contributed by atoms with E-state index in [-0.39, 0.29) is 5.91 Å². The maximum atomic E-state index is 12.8. The van der Waals surface area contributed by atoms with Crippen molar-refractivity contribution >= 4 is 5.91 Å². The Balaban J connectivity index is 1.11. The van der Waals surface area contributed by atoms with Gasteiger partial charge in [-0.15, -0.1) is 0 Å². The van der Waals surface area contributed by atoms with Crippen LogP contribution < -0.4 is 5.32 Å². The molecule has 0 unspecified atom stereocenters. The number of benzene rings is 2. The molecule has 2 aromatic heterocycles. The predicted octanol–water partition coefficient (Wildman–Crippen LogP) is 4.29. The summed E-state index contributed by atoms with van der Waals surface area (Å²) in [6, 6.07) is 22.5. The van der Waals surface area contributed by atoms with Gasteiger partial charge in [-0.1, -0.05) is 62.4 Å². The van der Waals surface area contributed by atoms with Crippen LogP contribution in [0.2, 0.25) is 0 Å². The van der Waals surface area contributed by atoms with E-state index in [0.717, 1.165) is 74.0 Å². The van der Waals surface area contributed by atoms with Gasteiger partial charge >= 0.3 is 0 Å². The Morgan fingerprint density at radius 1 is 0.974 bits per heavy atom. The normalized spacial score (nSPS) is 14.9. The molecule has 0 saturated carbocycles. The molecule has 8 nitrogen and oxygen atoms in total. The number of aromatic nitrogens is 4. The Bertz CT molecular complexity index is 1330. The van der Waals surface area contributed by atoms with E-state index >= 15 is 0 Å². The van der Waals surface area contributed by atoms with Crippen molar-refractivity contribution in [2.45, 2.75) is 39.8 Å². The molecular formula is C31H39N7O. The molecule has 1 saturated heterocycles. The summed E-state index contributed by atoms with van der Waals surface area (Å²) in [6.07, 6.45) is 3.91. The number of imidazole rings is 1.